The molecule has 5 rings (SSSR count). The third kappa shape index (κ3) is 3.02. The first-order valence-corrected chi connectivity index (χ1v) is 11.5. The number of hydrogen-bond donors (Lipinski definition) is 3. The minimum atomic E-state index is -1.13. The molecule has 5 atom stereocenters. The molecule has 0 unspecified atom stereocenters. The highest BCUT2D eigenvalue weighted by Gasteiger charge is 2.63. The lowest BCUT2D eigenvalue weighted by molar-refractivity contribution is -0.151. The van der Waals surface area contributed by atoms with Crippen LogP contribution in [0.5, 0.6) is 0 Å². The summed E-state index contributed by atoms with van der Waals surface area (Å²) in [7, 11) is 1.29. The molecule has 4 heterocycles. The summed E-state index contributed by atoms with van der Waals surface area (Å²) in [6.45, 7) is 0.648. The molecule has 0 spiro atoms. The van der Waals surface area contributed by atoms with Crippen LogP contribution in [0.15, 0.2) is 21.8 Å². The number of fused-ring (bicyclic) bond motifs is 5. The molecule has 0 aromatic carbocycles. The number of nitrogens with zero attached hydrogens (tertiary/aromatic N) is 3. The topological polar surface area (TPSA) is 156 Å². The highest BCUT2D eigenvalue weighted by atomic mass is 32.2. The lowest BCUT2D eigenvalue weighted by atomic mass is 9.70. The SMILES string of the molecule is CO/N=C(\C(=O)N[C@@H]1C(=O)N2C(C(=O)O)=C3[C@H]4CCCO[C@H]4[C@@H]3S[C@H]12)c1csc(N)n1. The lowest BCUT2D eigenvalue weighted by Gasteiger charge is -2.59. The molecule has 3 aliphatic heterocycles. The molecule has 164 valence electrons. The monoisotopic (exact) mass is 465 g/mol. The van der Waals surface area contributed by atoms with Crippen molar-refractivity contribution < 1.29 is 29.1 Å². The number of amides is 2. The molecule has 1 aliphatic carbocycles. The van der Waals surface area contributed by atoms with Gasteiger partial charge in [0.1, 0.15) is 29.9 Å². The van der Waals surface area contributed by atoms with E-state index in [1.54, 1.807) is 5.38 Å². The molecule has 4 aliphatic rings. The average molecular weight is 466 g/mol. The number of nitrogens with two attached hydrogens (primary N) is 1. The van der Waals surface area contributed by atoms with Crippen molar-refractivity contribution in [3.63, 3.8) is 0 Å². The first kappa shape index (κ1) is 20.3. The predicted octanol–water partition coefficient (Wildman–Crippen LogP) is -0.00820. The Morgan fingerprint density at radius 1 is 1.48 bits per heavy atom. The van der Waals surface area contributed by atoms with Gasteiger partial charge in [0.2, 0.25) is 0 Å². The van der Waals surface area contributed by atoms with E-state index in [1.807, 2.05) is 0 Å². The van der Waals surface area contributed by atoms with Crippen LogP contribution < -0.4 is 11.1 Å². The summed E-state index contributed by atoms with van der Waals surface area (Å²) >= 11 is 2.60. The number of thioether (sulfide) groups is 1. The van der Waals surface area contributed by atoms with Crippen LogP contribution in [0, 0.1) is 5.92 Å². The minimum Gasteiger partial charge on any atom is -0.477 e. The quantitative estimate of drug-likeness (QED) is 0.309. The first-order chi connectivity index (χ1) is 14.9. The molecule has 3 fully saturated rings. The number of aliphatic carboxylic acids is 1. The summed E-state index contributed by atoms with van der Waals surface area (Å²) in [5.74, 6) is -2.22. The van der Waals surface area contributed by atoms with Gasteiger partial charge in [-0.3, -0.25) is 14.5 Å². The number of rotatable bonds is 5. The van der Waals surface area contributed by atoms with Gasteiger partial charge in [-0.25, -0.2) is 9.78 Å². The van der Waals surface area contributed by atoms with Gasteiger partial charge in [-0.15, -0.1) is 23.1 Å². The van der Waals surface area contributed by atoms with Crippen LogP contribution in [-0.4, -0.2) is 75.0 Å². The van der Waals surface area contributed by atoms with E-state index in [-0.39, 0.29) is 39.5 Å². The molecule has 4 N–H and O–H groups in total. The van der Waals surface area contributed by atoms with Crippen molar-refractivity contribution in [2.45, 2.75) is 35.6 Å². The number of anilines is 1. The molecule has 11 nitrogen and oxygen atoms in total. The summed E-state index contributed by atoms with van der Waals surface area (Å²) in [5, 5.41) is 17.4. The Kier molecular flexibility index (Phi) is 4.90. The Labute approximate surface area is 184 Å². The van der Waals surface area contributed by atoms with Crippen LogP contribution >= 0.6 is 23.1 Å². The molecule has 1 aromatic rings. The van der Waals surface area contributed by atoms with Gasteiger partial charge < -0.3 is 25.7 Å². The predicted molar refractivity (Wildman–Crippen MR) is 111 cm³/mol. The Morgan fingerprint density at radius 2 is 2.29 bits per heavy atom. The van der Waals surface area contributed by atoms with Gasteiger partial charge >= 0.3 is 5.97 Å². The number of carboxylic acid groups (broad SMARTS) is 1. The first-order valence-electron chi connectivity index (χ1n) is 9.63. The number of oxime groups is 1. The summed E-state index contributed by atoms with van der Waals surface area (Å²) < 4.78 is 5.86. The Morgan fingerprint density at radius 3 is 2.97 bits per heavy atom. The van der Waals surface area contributed by atoms with E-state index in [9.17, 15) is 19.5 Å². The van der Waals surface area contributed by atoms with Gasteiger partial charge in [-0.05, 0) is 18.4 Å². The highest BCUT2D eigenvalue weighted by molar-refractivity contribution is 8.01. The summed E-state index contributed by atoms with van der Waals surface area (Å²) in [6, 6.07) is -0.894. The van der Waals surface area contributed by atoms with E-state index in [1.165, 1.54) is 23.8 Å². The Bertz CT molecular complexity index is 1040. The van der Waals surface area contributed by atoms with Gasteiger partial charge in [0.15, 0.2) is 10.8 Å². The number of aromatic nitrogens is 1. The molecule has 2 saturated heterocycles. The van der Waals surface area contributed by atoms with Crippen molar-refractivity contribution in [2.75, 3.05) is 19.5 Å². The largest absolute Gasteiger partial charge is 0.477 e. The summed E-state index contributed by atoms with van der Waals surface area (Å²) in [6.07, 6.45) is 1.67. The van der Waals surface area contributed by atoms with Gasteiger partial charge in [-0.1, -0.05) is 5.16 Å². The standard InChI is InChI=1S/C18H19N5O6S2/c1-28-22-9(7-5-30-18(19)20-7)14(24)21-10-15(25)23-11(17(26)27)8-6-3-2-4-29-12(6)13(8)31-16(10)23/h5-6,10,12-13,16H,2-4H2,1H3,(H2,19,20)(H,21,24)(H,26,27)/b22-9-/t6-,10-,12-,13-,16-/m1/s1. The van der Waals surface area contributed by atoms with Gasteiger partial charge in [0, 0.05) is 17.9 Å². The normalized spacial score (nSPS) is 31.6. The molecular weight excluding hydrogens is 446 g/mol. The fourth-order valence-corrected chi connectivity index (χ4v) is 6.93. The molecule has 1 saturated carbocycles. The zero-order chi connectivity index (χ0) is 21.9. The molecular formula is C18H19N5O6S2. The highest BCUT2D eigenvalue weighted by Crippen LogP contribution is 2.57. The fraction of sp³-hybridized carbons (Fsp3) is 0.500. The number of carbonyl (C=O) groups excluding carboxylic acids is 2. The molecule has 1 aromatic heterocycles. The van der Waals surface area contributed by atoms with Crippen LogP contribution in [-0.2, 0) is 24.0 Å². The van der Waals surface area contributed by atoms with Crippen molar-refractivity contribution in [3.05, 3.63) is 22.3 Å². The average Bonchev–Trinajstić information content (AvgIpc) is 3.18. The molecule has 13 heteroatoms. The van der Waals surface area contributed by atoms with Gasteiger partial charge in [-0.2, -0.15) is 0 Å². The van der Waals surface area contributed by atoms with E-state index in [4.69, 9.17) is 15.3 Å². The minimum absolute atomic E-state index is 0.0362. The van der Waals surface area contributed by atoms with Crippen molar-refractivity contribution in [3.8, 4) is 0 Å². The van der Waals surface area contributed by atoms with Crippen LogP contribution in [0.4, 0.5) is 5.13 Å². The zero-order valence-electron chi connectivity index (χ0n) is 16.3. The second-order valence-corrected chi connectivity index (χ2v) is 9.65. The maximum atomic E-state index is 12.9. The third-order valence-electron chi connectivity index (χ3n) is 5.87. The Balaban J connectivity index is 1.39. The maximum absolute atomic E-state index is 12.9. The van der Waals surface area contributed by atoms with Gasteiger partial charge in [0.25, 0.3) is 11.8 Å². The van der Waals surface area contributed by atoms with Gasteiger partial charge in [0.05, 0.1) is 11.4 Å². The zero-order valence-corrected chi connectivity index (χ0v) is 17.9. The number of thiazole rings is 1. The molecule has 0 radical (unpaired) electrons. The van der Waals surface area contributed by atoms with Crippen LogP contribution in [0.25, 0.3) is 0 Å². The lowest BCUT2D eigenvalue weighted by Crippen LogP contribution is -2.74. The van der Waals surface area contributed by atoms with Crippen molar-refractivity contribution in [2.24, 2.45) is 11.1 Å². The second-order valence-electron chi connectivity index (χ2n) is 7.49. The smallest absolute Gasteiger partial charge is 0.352 e. The number of ether oxygens (including phenoxy) is 1. The number of hydrogen-bond acceptors (Lipinski definition) is 10. The molecule has 0 bridgehead atoms. The van der Waals surface area contributed by atoms with Crippen molar-refractivity contribution >= 4 is 51.7 Å². The van der Waals surface area contributed by atoms with Crippen LogP contribution in [0.3, 0.4) is 0 Å². The van der Waals surface area contributed by atoms with E-state index in [0.717, 1.165) is 29.8 Å². The number of carboxylic acids is 1. The number of nitrogen functional groups attached to an aromatic ring is 1. The van der Waals surface area contributed by atoms with E-state index in [2.05, 4.69) is 15.5 Å². The number of carbonyl (C=O) groups is 3. The van der Waals surface area contributed by atoms with Crippen LogP contribution in [0.1, 0.15) is 18.5 Å². The number of β-lactam (4-membered cyclic amide) rings is 1. The fourth-order valence-electron chi connectivity index (χ4n) is 4.56. The summed E-state index contributed by atoms with van der Waals surface area (Å²) in [5.41, 5.74) is 6.56. The summed E-state index contributed by atoms with van der Waals surface area (Å²) in [4.78, 5) is 47.8. The second kappa shape index (κ2) is 7.50. The number of nitrogens with one attached hydrogen (secondary N) is 1. The van der Waals surface area contributed by atoms with E-state index < -0.39 is 29.2 Å². The third-order valence-corrected chi connectivity index (χ3v) is 8.12. The van der Waals surface area contributed by atoms with E-state index >= 15 is 0 Å². The maximum Gasteiger partial charge on any atom is 0.352 e. The molecule has 2 amide bonds. The molecule has 31 heavy (non-hydrogen) atoms. The van der Waals surface area contributed by atoms with Crippen molar-refractivity contribution in [1.29, 1.82) is 0 Å². The van der Waals surface area contributed by atoms with Crippen molar-refractivity contribution in [1.82, 2.24) is 15.2 Å². The Hall–Kier alpha value is -2.64. The van der Waals surface area contributed by atoms with Crippen LogP contribution in [0.2, 0.25) is 0 Å². The van der Waals surface area contributed by atoms with E-state index in [0.29, 0.717) is 6.61 Å².